The molecule has 72 valence electrons. The van der Waals surface area contributed by atoms with E-state index >= 15 is 0 Å². The maximum Gasteiger partial charge on any atom is 0.125 e. The fourth-order valence-electron chi connectivity index (χ4n) is 1.31. The van der Waals surface area contributed by atoms with Gasteiger partial charge < -0.3 is 10.5 Å². The second-order valence-corrected chi connectivity index (χ2v) is 3.29. The molecular formula is C11H17NO. The van der Waals surface area contributed by atoms with Gasteiger partial charge in [0, 0.05) is 6.54 Å². The van der Waals surface area contributed by atoms with Gasteiger partial charge in [-0.05, 0) is 37.5 Å². The van der Waals surface area contributed by atoms with Gasteiger partial charge in [0.2, 0.25) is 0 Å². The van der Waals surface area contributed by atoms with Crippen molar-refractivity contribution in [3.8, 4) is 5.75 Å². The van der Waals surface area contributed by atoms with Gasteiger partial charge in [-0.1, -0.05) is 12.1 Å². The van der Waals surface area contributed by atoms with Crippen molar-refractivity contribution in [2.75, 3.05) is 13.2 Å². The van der Waals surface area contributed by atoms with Gasteiger partial charge in [-0.2, -0.15) is 0 Å². The van der Waals surface area contributed by atoms with Crippen molar-refractivity contribution in [2.24, 2.45) is 5.73 Å². The van der Waals surface area contributed by atoms with Crippen molar-refractivity contribution in [1.29, 1.82) is 0 Å². The maximum atomic E-state index is 5.57. The molecule has 13 heavy (non-hydrogen) atoms. The fraction of sp³-hybridized carbons (Fsp3) is 0.455. The van der Waals surface area contributed by atoms with Crippen molar-refractivity contribution in [1.82, 2.24) is 0 Å². The summed E-state index contributed by atoms with van der Waals surface area (Å²) in [5.74, 6) is 0.991. The van der Waals surface area contributed by atoms with E-state index in [4.69, 9.17) is 10.5 Å². The molecule has 0 aliphatic rings. The van der Waals surface area contributed by atoms with E-state index in [1.54, 1.807) is 0 Å². The second kappa shape index (κ2) is 4.28. The van der Waals surface area contributed by atoms with Crippen LogP contribution in [0.5, 0.6) is 5.75 Å². The Morgan fingerprint density at radius 1 is 1.15 bits per heavy atom. The molecule has 0 spiro atoms. The summed E-state index contributed by atoms with van der Waals surface area (Å²) in [5, 5.41) is 0. The third-order valence-corrected chi connectivity index (χ3v) is 2.24. The first kappa shape index (κ1) is 10.1. The number of hydrogen-bond donors (Lipinski definition) is 1. The Balaban J connectivity index is 2.96. The zero-order valence-electron chi connectivity index (χ0n) is 8.55. The summed E-state index contributed by atoms with van der Waals surface area (Å²) >= 11 is 0. The lowest BCUT2D eigenvalue weighted by molar-refractivity contribution is 0.323. The van der Waals surface area contributed by atoms with Crippen molar-refractivity contribution in [3.63, 3.8) is 0 Å². The van der Waals surface area contributed by atoms with E-state index in [1.807, 2.05) is 0 Å². The lowest BCUT2D eigenvalue weighted by atomic mass is 10.1. The van der Waals surface area contributed by atoms with Crippen molar-refractivity contribution < 1.29 is 4.74 Å². The van der Waals surface area contributed by atoms with Gasteiger partial charge >= 0.3 is 0 Å². The smallest absolute Gasteiger partial charge is 0.125 e. The van der Waals surface area contributed by atoms with Gasteiger partial charge in [0.15, 0.2) is 0 Å². The topological polar surface area (TPSA) is 35.2 Å². The Labute approximate surface area is 79.7 Å². The average molecular weight is 179 g/mol. The quantitative estimate of drug-likeness (QED) is 0.769. The first-order chi connectivity index (χ1) is 6.16. The maximum absolute atomic E-state index is 5.57. The van der Waals surface area contributed by atoms with Crippen molar-refractivity contribution in [2.45, 2.75) is 20.8 Å². The zero-order valence-corrected chi connectivity index (χ0v) is 8.55. The van der Waals surface area contributed by atoms with Gasteiger partial charge in [0.05, 0.1) is 0 Å². The van der Waals surface area contributed by atoms with Crippen LogP contribution in [0.1, 0.15) is 16.7 Å². The molecule has 2 heteroatoms. The van der Waals surface area contributed by atoms with Gasteiger partial charge in [0.25, 0.3) is 0 Å². The molecule has 0 fully saturated rings. The van der Waals surface area contributed by atoms with Crippen LogP contribution in [0.25, 0.3) is 0 Å². The van der Waals surface area contributed by atoms with Crippen LogP contribution in [0.2, 0.25) is 0 Å². The highest BCUT2D eigenvalue weighted by molar-refractivity contribution is 5.44. The summed E-state index contributed by atoms with van der Waals surface area (Å²) in [6, 6.07) is 4.19. The molecule has 2 nitrogen and oxygen atoms in total. The monoisotopic (exact) mass is 179 g/mol. The number of nitrogens with two attached hydrogens (primary N) is 1. The Hall–Kier alpha value is -1.02. The van der Waals surface area contributed by atoms with Crippen LogP contribution in [-0.2, 0) is 0 Å². The number of aryl methyl sites for hydroxylation is 2. The van der Waals surface area contributed by atoms with Crippen LogP contribution in [0, 0.1) is 20.8 Å². The van der Waals surface area contributed by atoms with E-state index in [0.29, 0.717) is 13.2 Å². The molecule has 0 unspecified atom stereocenters. The molecule has 0 aromatic heterocycles. The van der Waals surface area contributed by atoms with E-state index in [1.165, 1.54) is 16.7 Å². The predicted molar refractivity (Wildman–Crippen MR) is 55.2 cm³/mol. The largest absolute Gasteiger partial charge is 0.492 e. The predicted octanol–water partition coefficient (Wildman–Crippen LogP) is 1.95. The molecule has 0 saturated heterocycles. The van der Waals surface area contributed by atoms with Gasteiger partial charge in [-0.25, -0.2) is 0 Å². The summed E-state index contributed by atoms with van der Waals surface area (Å²) in [5.41, 5.74) is 9.04. The fourth-order valence-corrected chi connectivity index (χ4v) is 1.31. The van der Waals surface area contributed by atoms with Crippen LogP contribution < -0.4 is 10.5 Å². The number of hydrogen-bond acceptors (Lipinski definition) is 2. The molecule has 0 aliphatic carbocycles. The SMILES string of the molecule is Cc1ccc(C)c(OCCN)c1C. The van der Waals surface area contributed by atoms with E-state index in [9.17, 15) is 0 Å². The summed E-state index contributed by atoms with van der Waals surface area (Å²) in [4.78, 5) is 0. The van der Waals surface area contributed by atoms with E-state index in [-0.39, 0.29) is 0 Å². The molecule has 0 aliphatic heterocycles. The van der Waals surface area contributed by atoms with E-state index in [2.05, 4.69) is 32.9 Å². The van der Waals surface area contributed by atoms with Crippen molar-refractivity contribution in [3.05, 3.63) is 28.8 Å². The van der Waals surface area contributed by atoms with Gasteiger partial charge in [0.1, 0.15) is 12.4 Å². The lowest BCUT2D eigenvalue weighted by Gasteiger charge is -2.12. The minimum absolute atomic E-state index is 0.562. The molecule has 0 saturated carbocycles. The molecule has 1 aromatic carbocycles. The van der Waals surface area contributed by atoms with Crippen LogP contribution in [0.3, 0.4) is 0 Å². The molecule has 1 rings (SSSR count). The zero-order chi connectivity index (χ0) is 9.84. The Morgan fingerprint density at radius 2 is 1.77 bits per heavy atom. The molecule has 1 aromatic rings. The summed E-state index contributed by atoms with van der Waals surface area (Å²) in [7, 11) is 0. The lowest BCUT2D eigenvalue weighted by Crippen LogP contribution is -2.12. The highest BCUT2D eigenvalue weighted by Crippen LogP contribution is 2.25. The summed E-state index contributed by atoms with van der Waals surface area (Å²) in [6.45, 7) is 7.37. The normalized spacial score (nSPS) is 10.2. The standard InChI is InChI=1S/C11H17NO/c1-8-4-5-9(2)11(10(8)3)13-7-6-12/h4-5H,6-7,12H2,1-3H3. The number of ether oxygens (including phenoxy) is 1. The molecule has 0 radical (unpaired) electrons. The first-order valence-electron chi connectivity index (χ1n) is 4.56. The van der Waals surface area contributed by atoms with Crippen LogP contribution in [0.4, 0.5) is 0 Å². The third kappa shape index (κ3) is 2.22. The third-order valence-electron chi connectivity index (χ3n) is 2.24. The van der Waals surface area contributed by atoms with E-state index < -0.39 is 0 Å². The highest BCUT2D eigenvalue weighted by atomic mass is 16.5. The molecule has 0 amide bonds. The van der Waals surface area contributed by atoms with Gasteiger partial charge in [-0.15, -0.1) is 0 Å². The van der Waals surface area contributed by atoms with E-state index in [0.717, 1.165) is 5.75 Å². The number of rotatable bonds is 3. The number of benzene rings is 1. The second-order valence-electron chi connectivity index (χ2n) is 3.29. The Bertz CT molecular complexity index is 294. The molecule has 0 heterocycles. The van der Waals surface area contributed by atoms with Gasteiger partial charge in [-0.3, -0.25) is 0 Å². The summed E-state index contributed by atoms with van der Waals surface area (Å²) < 4.78 is 5.57. The van der Waals surface area contributed by atoms with Crippen LogP contribution >= 0.6 is 0 Å². The first-order valence-corrected chi connectivity index (χ1v) is 4.56. The Kier molecular flexibility index (Phi) is 3.32. The minimum atomic E-state index is 0.562. The average Bonchev–Trinajstić information content (AvgIpc) is 2.12. The van der Waals surface area contributed by atoms with Crippen LogP contribution in [0.15, 0.2) is 12.1 Å². The molecule has 0 atom stereocenters. The van der Waals surface area contributed by atoms with Crippen LogP contribution in [-0.4, -0.2) is 13.2 Å². The summed E-state index contributed by atoms with van der Waals surface area (Å²) in [6.07, 6.45) is 0. The molecule has 0 bridgehead atoms. The van der Waals surface area contributed by atoms with Crippen molar-refractivity contribution >= 4 is 0 Å². The molecular weight excluding hydrogens is 162 g/mol. The highest BCUT2D eigenvalue weighted by Gasteiger charge is 2.04. The molecule has 2 N–H and O–H groups in total. The Morgan fingerprint density at radius 3 is 2.38 bits per heavy atom. The minimum Gasteiger partial charge on any atom is -0.492 e.